The maximum atomic E-state index is 5.56. The molecule has 0 aliphatic heterocycles. The first-order valence-corrected chi connectivity index (χ1v) is 7.14. The Balaban J connectivity index is 2.77. The fraction of sp³-hybridized carbons (Fsp3) is 0.667. The van der Waals surface area contributed by atoms with Crippen molar-refractivity contribution >= 4 is 5.82 Å². The summed E-state index contributed by atoms with van der Waals surface area (Å²) in [5.74, 6) is 1.10. The van der Waals surface area contributed by atoms with Crippen molar-refractivity contribution in [3.8, 4) is 0 Å². The third-order valence-electron chi connectivity index (χ3n) is 3.41. The van der Waals surface area contributed by atoms with Crippen LogP contribution in [0.15, 0.2) is 18.3 Å². The van der Waals surface area contributed by atoms with Gasteiger partial charge < -0.3 is 10.6 Å². The lowest BCUT2D eigenvalue weighted by molar-refractivity contribution is 0.589. The number of anilines is 1. The number of nitrogens with two attached hydrogens (primary N) is 1. The average Bonchev–Trinajstić information content (AvgIpc) is 2.41. The fourth-order valence-corrected chi connectivity index (χ4v) is 2.01. The lowest BCUT2D eigenvalue weighted by Gasteiger charge is -2.29. The summed E-state index contributed by atoms with van der Waals surface area (Å²) in [7, 11) is 0. The lowest BCUT2D eigenvalue weighted by Crippen LogP contribution is -2.34. The molecule has 0 fully saturated rings. The molecular formula is C15H27N3. The highest BCUT2D eigenvalue weighted by atomic mass is 15.2. The van der Waals surface area contributed by atoms with E-state index in [0.717, 1.165) is 25.2 Å². The molecule has 1 heterocycles. The van der Waals surface area contributed by atoms with Crippen molar-refractivity contribution in [1.82, 2.24) is 4.98 Å². The quantitative estimate of drug-likeness (QED) is 0.770. The number of aromatic nitrogens is 1. The summed E-state index contributed by atoms with van der Waals surface area (Å²) in [5.41, 5.74) is 6.78. The highest BCUT2D eigenvalue weighted by Gasteiger charge is 2.13. The minimum atomic E-state index is 0.546. The van der Waals surface area contributed by atoms with Crippen LogP contribution in [0, 0.1) is 0 Å². The maximum Gasteiger partial charge on any atom is 0.128 e. The van der Waals surface area contributed by atoms with Crippen molar-refractivity contribution in [1.29, 1.82) is 0 Å². The first-order chi connectivity index (χ1) is 8.72. The van der Waals surface area contributed by atoms with Gasteiger partial charge in [-0.15, -0.1) is 0 Å². The Labute approximate surface area is 111 Å². The number of unbranched alkanes of at least 4 members (excludes halogenated alkanes) is 1. The summed E-state index contributed by atoms with van der Waals surface area (Å²) in [5, 5.41) is 0. The molecule has 1 rings (SSSR count). The SMILES string of the molecule is CCCCN(c1ccc(CCN)cn1)C(C)CC. The van der Waals surface area contributed by atoms with Gasteiger partial charge >= 0.3 is 0 Å². The smallest absolute Gasteiger partial charge is 0.128 e. The molecule has 0 radical (unpaired) electrons. The topological polar surface area (TPSA) is 42.1 Å². The van der Waals surface area contributed by atoms with Crippen molar-refractivity contribution in [2.24, 2.45) is 5.73 Å². The van der Waals surface area contributed by atoms with Gasteiger partial charge in [0.15, 0.2) is 0 Å². The Morgan fingerprint density at radius 3 is 2.61 bits per heavy atom. The van der Waals surface area contributed by atoms with Crippen LogP contribution in [0.1, 0.15) is 45.6 Å². The number of pyridine rings is 1. The molecule has 0 aliphatic carbocycles. The normalized spacial score (nSPS) is 12.4. The Bertz CT molecular complexity index is 321. The first kappa shape index (κ1) is 15.0. The fourth-order valence-electron chi connectivity index (χ4n) is 2.01. The Morgan fingerprint density at radius 2 is 2.11 bits per heavy atom. The maximum absolute atomic E-state index is 5.56. The van der Waals surface area contributed by atoms with Gasteiger partial charge in [0.2, 0.25) is 0 Å². The molecule has 1 atom stereocenters. The molecule has 2 N–H and O–H groups in total. The molecule has 1 aromatic rings. The third-order valence-corrected chi connectivity index (χ3v) is 3.41. The van der Waals surface area contributed by atoms with Crippen LogP contribution in [0.3, 0.4) is 0 Å². The van der Waals surface area contributed by atoms with Gasteiger partial charge in [0, 0.05) is 18.8 Å². The van der Waals surface area contributed by atoms with Gasteiger partial charge in [0.1, 0.15) is 5.82 Å². The summed E-state index contributed by atoms with van der Waals surface area (Å²) < 4.78 is 0. The predicted molar refractivity (Wildman–Crippen MR) is 79.0 cm³/mol. The van der Waals surface area contributed by atoms with Gasteiger partial charge in [-0.05, 0) is 44.4 Å². The van der Waals surface area contributed by atoms with Crippen LogP contribution in [0.25, 0.3) is 0 Å². The van der Waals surface area contributed by atoms with Gasteiger partial charge in [-0.2, -0.15) is 0 Å². The second-order valence-electron chi connectivity index (χ2n) is 4.87. The lowest BCUT2D eigenvalue weighted by atomic mass is 10.1. The van der Waals surface area contributed by atoms with Crippen LogP contribution in [0.2, 0.25) is 0 Å². The van der Waals surface area contributed by atoms with Crippen LogP contribution < -0.4 is 10.6 Å². The van der Waals surface area contributed by atoms with Crippen molar-refractivity contribution in [3.63, 3.8) is 0 Å². The molecule has 3 nitrogen and oxygen atoms in total. The molecular weight excluding hydrogens is 222 g/mol. The van der Waals surface area contributed by atoms with Crippen LogP contribution in [-0.2, 0) is 6.42 Å². The zero-order valence-electron chi connectivity index (χ0n) is 12.0. The monoisotopic (exact) mass is 249 g/mol. The van der Waals surface area contributed by atoms with E-state index in [1.165, 1.54) is 18.4 Å². The Kier molecular flexibility index (Phi) is 6.73. The highest BCUT2D eigenvalue weighted by molar-refractivity contribution is 5.40. The minimum absolute atomic E-state index is 0.546. The second kappa shape index (κ2) is 8.09. The molecule has 0 saturated heterocycles. The molecule has 0 bridgehead atoms. The number of hydrogen-bond acceptors (Lipinski definition) is 3. The van der Waals surface area contributed by atoms with Gasteiger partial charge in [0.05, 0.1) is 0 Å². The van der Waals surface area contributed by atoms with E-state index in [1.54, 1.807) is 0 Å². The molecule has 102 valence electrons. The zero-order valence-corrected chi connectivity index (χ0v) is 12.0. The number of nitrogens with zero attached hydrogens (tertiary/aromatic N) is 2. The van der Waals surface area contributed by atoms with Gasteiger partial charge in [-0.3, -0.25) is 0 Å². The number of rotatable bonds is 8. The van der Waals surface area contributed by atoms with Crippen LogP contribution in [0.5, 0.6) is 0 Å². The summed E-state index contributed by atoms with van der Waals surface area (Å²) in [4.78, 5) is 7.00. The van der Waals surface area contributed by atoms with Gasteiger partial charge in [-0.1, -0.05) is 26.3 Å². The van der Waals surface area contributed by atoms with E-state index in [-0.39, 0.29) is 0 Å². The summed E-state index contributed by atoms with van der Waals surface area (Å²) >= 11 is 0. The van der Waals surface area contributed by atoms with Crippen LogP contribution in [-0.4, -0.2) is 24.1 Å². The van der Waals surface area contributed by atoms with Crippen molar-refractivity contribution < 1.29 is 0 Å². The predicted octanol–water partition coefficient (Wildman–Crippen LogP) is 2.99. The largest absolute Gasteiger partial charge is 0.354 e. The van der Waals surface area contributed by atoms with E-state index < -0.39 is 0 Å². The summed E-state index contributed by atoms with van der Waals surface area (Å²) in [6, 6.07) is 4.83. The minimum Gasteiger partial charge on any atom is -0.354 e. The summed E-state index contributed by atoms with van der Waals surface area (Å²) in [6.07, 6.45) is 6.46. The molecule has 1 unspecified atom stereocenters. The van der Waals surface area contributed by atoms with Crippen molar-refractivity contribution in [2.45, 2.75) is 52.5 Å². The molecule has 0 aromatic carbocycles. The standard InChI is InChI=1S/C15H27N3/c1-4-6-11-18(13(3)5-2)15-8-7-14(9-10-16)12-17-15/h7-8,12-13H,4-6,9-11,16H2,1-3H3. The molecule has 1 aromatic heterocycles. The van der Waals surface area contributed by atoms with Crippen LogP contribution in [0.4, 0.5) is 5.82 Å². The molecule has 0 aliphatic rings. The van der Waals surface area contributed by atoms with Gasteiger partial charge in [0.25, 0.3) is 0 Å². The van der Waals surface area contributed by atoms with Crippen molar-refractivity contribution in [2.75, 3.05) is 18.0 Å². The second-order valence-corrected chi connectivity index (χ2v) is 4.87. The molecule has 3 heteroatoms. The van der Waals surface area contributed by atoms with E-state index in [1.807, 2.05) is 6.20 Å². The van der Waals surface area contributed by atoms with E-state index in [4.69, 9.17) is 5.73 Å². The molecule has 0 spiro atoms. The average molecular weight is 249 g/mol. The van der Waals surface area contributed by atoms with E-state index in [9.17, 15) is 0 Å². The first-order valence-electron chi connectivity index (χ1n) is 7.14. The Hall–Kier alpha value is -1.09. The third kappa shape index (κ3) is 4.30. The number of hydrogen-bond donors (Lipinski definition) is 1. The van der Waals surface area contributed by atoms with Crippen molar-refractivity contribution in [3.05, 3.63) is 23.9 Å². The van der Waals surface area contributed by atoms with Crippen LogP contribution >= 0.6 is 0 Å². The Morgan fingerprint density at radius 1 is 1.33 bits per heavy atom. The summed E-state index contributed by atoms with van der Waals surface area (Å²) in [6.45, 7) is 8.50. The van der Waals surface area contributed by atoms with E-state index in [2.05, 4.69) is 42.8 Å². The zero-order chi connectivity index (χ0) is 13.4. The van der Waals surface area contributed by atoms with E-state index >= 15 is 0 Å². The van der Waals surface area contributed by atoms with Gasteiger partial charge in [-0.25, -0.2) is 4.98 Å². The molecule has 18 heavy (non-hydrogen) atoms. The molecule has 0 saturated carbocycles. The highest BCUT2D eigenvalue weighted by Crippen LogP contribution is 2.17. The van der Waals surface area contributed by atoms with E-state index in [0.29, 0.717) is 12.6 Å². The molecule has 0 amide bonds.